The quantitative estimate of drug-likeness (QED) is 0.0349. The van der Waals surface area contributed by atoms with E-state index in [2.05, 4.69) is 27.7 Å². The molecule has 0 aliphatic heterocycles. The smallest absolute Gasteiger partial charge is 0.306 e. The van der Waals surface area contributed by atoms with E-state index in [1.807, 2.05) is 0 Å². The van der Waals surface area contributed by atoms with Crippen molar-refractivity contribution in [3.05, 3.63) is 0 Å². The lowest BCUT2D eigenvalue weighted by molar-refractivity contribution is -0.167. The van der Waals surface area contributed by atoms with Gasteiger partial charge < -0.3 is 14.2 Å². The largest absolute Gasteiger partial charge is 0.462 e. The Kier molecular flexibility index (Phi) is 41.3. The highest BCUT2D eigenvalue weighted by Crippen LogP contribution is 2.17. The van der Waals surface area contributed by atoms with Crippen LogP contribution >= 0.6 is 0 Å². The molecule has 320 valence electrons. The highest BCUT2D eigenvalue weighted by Gasteiger charge is 2.19. The van der Waals surface area contributed by atoms with Gasteiger partial charge in [0.1, 0.15) is 13.2 Å². The molecule has 0 bridgehead atoms. The Morgan fingerprint density at radius 1 is 0.352 bits per heavy atom. The van der Waals surface area contributed by atoms with Crippen LogP contribution in [0.4, 0.5) is 0 Å². The zero-order valence-corrected chi connectivity index (χ0v) is 36.7. The molecular weight excluding hydrogens is 673 g/mol. The molecule has 6 heteroatoms. The van der Waals surface area contributed by atoms with E-state index in [9.17, 15) is 14.4 Å². The van der Waals surface area contributed by atoms with Crippen molar-refractivity contribution in [3.8, 4) is 0 Å². The van der Waals surface area contributed by atoms with E-state index in [1.165, 1.54) is 154 Å². The predicted octanol–water partition coefficient (Wildman–Crippen LogP) is 15.1. The van der Waals surface area contributed by atoms with Crippen molar-refractivity contribution in [2.75, 3.05) is 13.2 Å². The lowest BCUT2D eigenvalue weighted by Gasteiger charge is -2.18. The second-order valence-corrected chi connectivity index (χ2v) is 16.9. The fraction of sp³-hybridized carbons (Fsp3) is 0.938. The summed E-state index contributed by atoms with van der Waals surface area (Å²) < 4.78 is 16.6. The summed E-state index contributed by atoms with van der Waals surface area (Å²) in [6.45, 7) is 8.94. The second-order valence-electron chi connectivity index (χ2n) is 16.9. The first-order valence-corrected chi connectivity index (χ1v) is 23.9. The molecule has 0 aromatic rings. The number of esters is 3. The van der Waals surface area contributed by atoms with Crippen molar-refractivity contribution < 1.29 is 28.6 Å². The van der Waals surface area contributed by atoms with Crippen molar-refractivity contribution in [2.45, 2.75) is 271 Å². The average molecular weight is 765 g/mol. The summed E-state index contributed by atoms with van der Waals surface area (Å²) in [6, 6.07) is 0. The van der Waals surface area contributed by atoms with Gasteiger partial charge in [-0.15, -0.1) is 0 Å². The Labute approximate surface area is 336 Å². The van der Waals surface area contributed by atoms with Crippen LogP contribution in [0.25, 0.3) is 0 Å². The maximum atomic E-state index is 12.7. The monoisotopic (exact) mass is 765 g/mol. The fourth-order valence-electron chi connectivity index (χ4n) is 7.16. The summed E-state index contributed by atoms with van der Waals surface area (Å²) in [5.41, 5.74) is 0. The molecule has 0 aromatic carbocycles. The van der Waals surface area contributed by atoms with E-state index >= 15 is 0 Å². The zero-order chi connectivity index (χ0) is 39.6. The van der Waals surface area contributed by atoms with Crippen molar-refractivity contribution >= 4 is 17.9 Å². The highest BCUT2D eigenvalue weighted by atomic mass is 16.6. The van der Waals surface area contributed by atoms with Gasteiger partial charge in [0.25, 0.3) is 0 Å². The number of hydrogen-bond acceptors (Lipinski definition) is 6. The minimum Gasteiger partial charge on any atom is -0.462 e. The molecule has 54 heavy (non-hydrogen) atoms. The highest BCUT2D eigenvalue weighted by molar-refractivity contribution is 5.71. The summed E-state index contributed by atoms with van der Waals surface area (Å²) in [5.74, 6) is -0.0258. The van der Waals surface area contributed by atoms with Gasteiger partial charge in [0.15, 0.2) is 6.10 Å². The minimum atomic E-state index is -0.758. The van der Waals surface area contributed by atoms with Gasteiger partial charge >= 0.3 is 17.9 Å². The predicted molar refractivity (Wildman–Crippen MR) is 229 cm³/mol. The molecule has 0 saturated heterocycles. The molecule has 1 atom stereocenters. The Morgan fingerprint density at radius 2 is 0.611 bits per heavy atom. The molecule has 0 fully saturated rings. The van der Waals surface area contributed by atoms with Crippen LogP contribution < -0.4 is 0 Å². The van der Waals surface area contributed by atoms with Gasteiger partial charge in [-0.05, 0) is 25.2 Å². The van der Waals surface area contributed by atoms with Crippen LogP contribution in [0.1, 0.15) is 265 Å². The third-order valence-corrected chi connectivity index (χ3v) is 10.8. The summed E-state index contributed by atoms with van der Waals surface area (Å²) >= 11 is 0. The SMILES string of the molecule is CCCCCCCCCCCCCCCCCC(=O)OC[C@@H](COC(=O)CCCCCCC)OC(=O)CCCCCCCCCCCCCCCC(C)C. The Morgan fingerprint density at radius 3 is 0.907 bits per heavy atom. The van der Waals surface area contributed by atoms with Gasteiger partial charge in [-0.3, -0.25) is 14.4 Å². The fourth-order valence-corrected chi connectivity index (χ4v) is 7.16. The molecule has 0 radical (unpaired) electrons. The van der Waals surface area contributed by atoms with Gasteiger partial charge in [0.05, 0.1) is 0 Å². The molecule has 0 aromatic heterocycles. The molecule has 0 rings (SSSR count). The van der Waals surface area contributed by atoms with Crippen molar-refractivity contribution in [1.82, 2.24) is 0 Å². The van der Waals surface area contributed by atoms with Crippen LogP contribution in [0.2, 0.25) is 0 Å². The topological polar surface area (TPSA) is 78.9 Å². The van der Waals surface area contributed by atoms with Gasteiger partial charge in [0.2, 0.25) is 0 Å². The Bertz CT molecular complexity index is 811. The van der Waals surface area contributed by atoms with Crippen LogP contribution in [-0.2, 0) is 28.6 Å². The van der Waals surface area contributed by atoms with Gasteiger partial charge in [-0.2, -0.15) is 0 Å². The summed E-state index contributed by atoms with van der Waals surface area (Å²) in [7, 11) is 0. The molecule has 0 heterocycles. The number of ether oxygens (including phenoxy) is 3. The molecule has 0 amide bonds. The lowest BCUT2D eigenvalue weighted by atomic mass is 10.0. The first-order valence-electron chi connectivity index (χ1n) is 23.9. The molecule has 0 unspecified atom stereocenters. The summed E-state index contributed by atoms with van der Waals surface area (Å²) in [5, 5.41) is 0. The first kappa shape index (κ1) is 52.4. The first-order chi connectivity index (χ1) is 26.4. The maximum absolute atomic E-state index is 12.7. The number of unbranched alkanes of at least 4 members (excludes halogenated alkanes) is 30. The summed E-state index contributed by atoms with van der Waals surface area (Å²) in [4.78, 5) is 37.5. The van der Waals surface area contributed by atoms with Gasteiger partial charge in [-0.25, -0.2) is 0 Å². The van der Waals surface area contributed by atoms with Crippen LogP contribution in [0.5, 0.6) is 0 Å². The van der Waals surface area contributed by atoms with Crippen LogP contribution in [0, 0.1) is 5.92 Å². The van der Waals surface area contributed by atoms with E-state index in [1.54, 1.807) is 0 Å². The van der Waals surface area contributed by atoms with Crippen LogP contribution in [0.15, 0.2) is 0 Å². The lowest BCUT2D eigenvalue weighted by Crippen LogP contribution is -2.30. The molecule has 0 spiro atoms. The normalized spacial score (nSPS) is 11.9. The van der Waals surface area contributed by atoms with Gasteiger partial charge in [0, 0.05) is 19.3 Å². The zero-order valence-electron chi connectivity index (χ0n) is 36.7. The third kappa shape index (κ3) is 41.6. The van der Waals surface area contributed by atoms with E-state index in [4.69, 9.17) is 14.2 Å². The molecular formula is C48H92O6. The van der Waals surface area contributed by atoms with Gasteiger partial charge in [-0.1, -0.05) is 227 Å². The standard InChI is InChI=1S/C48H92O6/c1-5-7-9-11-12-13-14-15-16-19-22-25-28-32-36-40-47(50)53-43-45(42-52-46(49)39-35-30-10-8-6-2)54-48(51)41-37-33-29-26-23-20-17-18-21-24-27-31-34-38-44(3)4/h44-45H,5-43H2,1-4H3/t45-/m1/s1. The van der Waals surface area contributed by atoms with E-state index in [0.717, 1.165) is 70.1 Å². The molecule has 0 saturated carbocycles. The number of hydrogen-bond donors (Lipinski definition) is 0. The average Bonchev–Trinajstić information content (AvgIpc) is 3.15. The van der Waals surface area contributed by atoms with E-state index in [0.29, 0.717) is 19.3 Å². The van der Waals surface area contributed by atoms with E-state index in [-0.39, 0.29) is 31.1 Å². The number of rotatable bonds is 43. The Balaban J connectivity index is 4.15. The van der Waals surface area contributed by atoms with Crippen molar-refractivity contribution in [2.24, 2.45) is 5.92 Å². The molecule has 0 aliphatic rings. The van der Waals surface area contributed by atoms with Crippen LogP contribution in [-0.4, -0.2) is 37.2 Å². The number of carbonyl (C=O) groups is 3. The Hall–Kier alpha value is -1.59. The van der Waals surface area contributed by atoms with Crippen LogP contribution in [0.3, 0.4) is 0 Å². The molecule has 6 nitrogen and oxygen atoms in total. The maximum Gasteiger partial charge on any atom is 0.306 e. The number of carbonyl (C=O) groups excluding carboxylic acids is 3. The molecule has 0 aliphatic carbocycles. The summed E-state index contributed by atoms with van der Waals surface area (Å²) in [6.07, 6.45) is 42.6. The second kappa shape index (κ2) is 42.6. The molecule has 0 N–H and O–H groups in total. The third-order valence-electron chi connectivity index (χ3n) is 10.8. The van der Waals surface area contributed by atoms with Crippen molar-refractivity contribution in [3.63, 3.8) is 0 Å². The van der Waals surface area contributed by atoms with E-state index < -0.39 is 6.10 Å². The minimum absolute atomic E-state index is 0.0643. The van der Waals surface area contributed by atoms with Crippen molar-refractivity contribution in [1.29, 1.82) is 0 Å².